The number of rotatable bonds is 4. The van der Waals surface area contributed by atoms with Gasteiger partial charge >= 0.3 is 0 Å². The van der Waals surface area contributed by atoms with E-state index >= 15 is 0 Å². The topological polar surface area (TPSA) is 36.4 Å². The molecular weight excluding hydrogens is 322 g/mol. The van der Waals surface area contributed by atoms with Gasteiger partial charge in [0.05, 0.1) is 5.69 Å². The van der Waals surface area contributed by atoms with E-state index in [1.807, 2.05) is 47.4 Å². The number of benzene rings is 1. The average Bonchev–Trinajstić information content (AvgIpc) is 2.64. The molecule has 1 aliphatic heterocycles. The first-order valence-corrected chi connectivity index (χ1v) is 8.74. The highest BCUT2D eigenvalue weighted by molar-refractivity contribution is 6.30. The van der Waals surface area contributed by atoms with Crippen molar-refractivity contribution < 1.29 is 4.79 Å². The largest absolute Gasteiger partial charge is 0.339 e. The van der Waals surface area contributed by atoms with Gasteiger partial charge in [0.15, 0.2) is 0 Å². The van der Waals surface area contributed by atoms with Gasteiger partial charge in [-0.15, -0.1) is 0 Å². The highest BCUT2D eigenvalue weighted by Gasteiger charge is 2.30. The third kappa shape index (κ3) is 3.77. The van der Waals surface area contributed by atoms with Crippen molar-refractivity contribution in [2.24, 2.45) is 0 Å². The summed E-state index contributed by atoms with van der Waals surface area (Å²) in [5, 5.41) is 0.669. The number of aromatic nitrogens is 1. The van der Waals surface area contributed by atoms with Crippen LogP contribution in [-0.4, -0.2) is 53.4 Å². The first kappa shape index (κ1) is 16.9. The Bertz CT molecular complexity index is 667. The molecular formula is C19H22ClN3O. The number of pyridine rings is 1. The standard InChI is InChI=1S/C19H22ClN3O/c1-2-22-11-13-23(14-12-22)19(24)18(17-5-3-4-10-21-17)15-6-8-16(20)9-7-15/h3-10,18H,2,11-14H2,1H3. The molecule has 0 bridgehead atoms. The van der Waals surface area contributed by atoms with Crippen LogP contribution in [0.2, 0.25) is 5.02 Å². The second-order valence-electron chi connectivity index (χ2n) is 6.00. The molecule has 2 heterocycles. The molecule has 1 aliphatic rings. The summed E-state index contributed by atoms with van der Waals surface area (Å²) in [7, 11) is 0. The minimum Gasteiger partial charge on any atom is -0.339 e. The van der Waals surface area contributed by atoms with E-state index < -0.39 is 0 Å². The Hall–Kier alpha value is -1.91. The van der Waals surface area contributed by atoms with Gasteiger partial charge in [0.1, 0.15) is 5.92 Å². The summed E-state index contributed by atoms with van der Waals surface area (Å²) in [6.07, 6.45) is 1.74. The maximum Gasteiger partial charge on any atom is 0.236 e. The summed E-state index contributed by atoms with van der Waals surface area (Å²) < 4.78 is 0. The van der Waals surface area contributed by atoms with Gasteiger partial charge in [-0.2, -0.15) is 0 Å². The van der Waals surface area contributed by atoms with Crippen molar-refractivity contribution in [1.29, 1.82) is 0 Å². The van der Waals surface area contributed by atoms with Gasteiger partial charge in [-0.25, -0.2) is 0 Å². The summed E-state index contributed by atoms with van der Waals surface area (Å²) in [6.45, 7) is 6.58. The lowest BCUT2D eigenvalue weighted by molar-refractivity contribution is -0.133. The highest BCUT2D eigenvalue weighted by Crippen LogP contribution is 2.27. The molecule has 1 amide bonds. The van der Waals surface area contributed by atoms with Crippen LogP contribution in [0.15, 0.2) is 48.7 Å². The van der Waals surface area contributed by atoms with Crippen LogP contribution in [-0.2, 0) is 4.79 Å². The van der Waals surface area contributed by atoms with E-state index in [2.05, 4.69) is 16.8 Å². The second-order valence-corrected chi connectivity index (χ2v) is 6.44. The molecule has 1 aromatic carbocycles. The smallest absolute Gasteiger partial charge is 0.236 e. The van der Waals surface area contributed by atoms with Crippen molar-refractivity contribution in [3.05, 3.63) is 64.9 Å². The molecule has 1 unspecified atom stereocenters. The molecule has 4 nitrogen and oxygen atoms in total. The molecule has 0 saturated carbocycles. The van der Waals surface area contributed by atoms with E-state index in [1.165, 1.54) is 0 Å². The van der Waals surface area contributed by atoms with E-state index in [0.29, 0.717) is 5.02 Å². The number of carbonyl (C=O) groups excluding carboxylic acids is 1. The molecule has 1 aromatic heterocycles. The van der Waals surface area contributed by atoms with Crippen molar-refractivity contribution in [2.45, 2.75) is 12.8 Å². The molecule has 1 saturated heterocycles. The van der Waals surface area contributed by atoms with Gasteiger partial charge in [-0.3, -0.25) is 9.78 Å². The quantitative estimate of drug-likeness (QED) is 0.856. The zero-order valence-electron chi connectivity index (χ0n) is 13.9. The number of hydrogen-bond acceptors (Lipinski definition) is 3. The van der Waals surface area contributed by atoms with Crippen LogP contribution in [0.3, 0.4) is 0 Å². The van der Waals surface area contributed by atoms with E-state index in [1.54, 1.807) is 6.20 Å². The Labute approximate surface area is 148 Å². The van der Waals surface area contributed by atoms with Crippen LogP contribution in [0.1, 0.15) is 24.1 Å². The van der Waals surface area contributed by atoms with Crippen LogP contribution >= 0.6 is 11.6 Å². The zero-order valence-corrected chi connectivity index (χ0v) is 14.6. The molecule has 1 fully saturated rings. The van der Waals surface area contributed by atoms with Crippen LogP contribution < -0.4 is 0 Å². The molecule has 0 radical (unpaired) electrons. The SMILES string of the molecule is CCN1CCN(C(=O)C(c2ccc(Cl)cc2)c2ccccn2)CC1. The van der Waals surface area contributed by atoms with Gasteiger partial charge in [0.25, 0.3) is 0 Å². The van der Waals surface area contributed by atoms with Crippen LogP contribution in [0.5, 0.6) is 0 Å². The fourth-order valence-electron chi connectivity index (χ4n) is 3.11. The molecule has 24 heavy (non-hydrogen) atoms. The summed E-state index contributed by atoms with van der Waals surface area (Å²) in [4.78, 5) is 22.0. The lowest BCUT2D eigenvalue weighted by Gasteiger charge is -2.36. The number of hydrogen-bond donors (Lipinski definition) is 0. The van der Waals surface area contributed by atoms with Gasteiger partial charge in [-0.1, -0.05) is 36.7 Å². The molecule has 1 atom stereocenters. The van der Waals surface area contributed by atoms with Crippen molar-refractivity contribution in [1.82, 2.24) is 14.8 Å². The maximum atomic E-state index is 13.2. The summed E-state index contributed by atoms with van der Waals surface area (Å²) >= 11 is 6.01. The predicted molar refractivity (Wildman–Crippen MR) is 96.2 cm³/mol. The lowest BCUT2D eigenvalue weighted by Crippen LogP contribution is -2.50. The lowest BCUT2D eigenvalue weighted by atomic mass is 9.93. The van der Waals surface area contributed by atoms with E-state index in [9.17, 15) is 4.79 Å². The van der Waals surface area contributed by atoms with Crippen molar-refractivity contribution >= 4 is 17.5 Å². The number of likely N-dealkylation sites (N-methyl/N-ethyl adjacent to an activating group) is 1. The molecule has 2 aromatic rings. The van der Waals surface area contributed by atoms with E-state index in [0.717, 1.165) is 44.0 Å². The van der Waals surface area contributed by atoms with Crippen molar-refractivity contribution in [3.63, 3.8) is 0 Å². The summed E-state index contributed by atoms with van der Waals surface area (Å²) in [5.74, 6) is -0.261. The number of nitrogens with zero attached hydrogens (tertiary/aromatic N) is 3. The van der Waals surface area contributed by atoms with Crippen LogP contribution in [0, 0.1) is 0 Å². The zero-order chi connectivity index (χ0) is 16.9. The van der Waals surface area contributed by atoms with Gasteiger partial charge in [-0.05, 0) is 36.4 Å². The van der Waals surface area contributed by atoms with Gasteiger partial charge in [0, 0.05) is 37.4 Å². The Morgan fingerprint density at radius 1 is 1.12 bits per heavy atom. The second kappa shape index (κ2) is 7.77. The van der Waals surface area contributed by atoms with E-state index in [4.69, 9.17) is 11.6 Å². The minimum absolute atomic E-state index is 0.117. The predicted octanol–water partition coefficient (Wildman–Crippen LogP) is 3.03. The fraction of sp³-hybridized carbons (Fsp3) is 0.368. The molecule has 0 spiro atoms. The monoisotopic (exact) mass is 343 g/mol. The van der Waals surface area contributed by atoms with E-state index in [-0.39, 0.29) is 11.8 Å². The highest BCUT2D eigenvalue weighted by atomic mass is 35.5. The maximum absolute atomic E-state index is 13.2. The summed E-state index contributed by atoms with van der Waals surface area (Å²) in [6, 6.07) is 13.2. The third-order valence-corrected chi connectivity index (χ3v) is 4.82. The summed E-state index contributed by atoms with van der Waals surface area (Å²) in [5.41, 5.74) is 1.71. The molecule has 5 heteroatoms. The van der Waals surface area contributed by atoms with Crippen molar-refractivity contribution in [2.75, 3.05) is 32.7 Å². The third-order valence-electron chi connectivity index (χ3n) is 4.57. The molecule has 0 N–H and O–H groups in total. The minimum atomic E-state index is -0.378. The average molecular weight is 344 g/mol. The molecule has 126 valence electrons. The Morgan fingerprint density at radius 2 is 1.83 bits per heavy atom. The van der Waals surface area contributed by atoms with Gasteiger partial charge in [0.2, 0.25) is 5.91 Å². The van der Waals surface area contributed by atoms with Crippen LogP contribution in [0.25, 0.3) is 0 Å². The number of halogens is 1. The normalized spacial score (nSPS) is 16.8. The Balaban J connectivity index is 1.87. The first-order valence-electron chi connectivity index (χ1n) is 8.36. The fourth-order valence-corrected chi connectivity index (χ4v) is 3.23. The molecule has 3 rings (SSSR count). The number of amides is 1. The van der Waals surface area contributed by atoms with Crippen molar-refractivity contribution in [3.8, 4) is 0 Å². The van der Waals surface area contributed by atoms with Crippen LogP contribution in [0.4, 0.5) is 0 Å². The first-order chi connectivity index (χ1) is 11.7. The number of carbonyl (C=O) groups is 1. The Kier molecular flexibility index (Phi) is 5.48. The van der Waals surface area contributed by atoms with Gasteiger partial charge < -0.3 is 9.80 Å². The Morgan fingerprint density at radius 3 is 2.42 bits per heavy atom. The molecule has 0 aliphatic carbocycles. The number of piperazine rings is 1.